The number of nitrogens with zero attached hydrogens (tertiary/aromatic N) is 4. The second kappa shape index (κ2) is 9.65. The minimum absolute atomic E-state index is 0.203. The van der Waals surface area contributed by atoms with Crippen LogP contribution >= 0.6 is 0 Å². The molecule has 1 N–H and O–H groups in total. The highest BCUT2D eigenvalue weighted by atomic mass is 32.2. The van der Waals surface area contributed by atoms with Gasteiger partial charge in [0.05, 0.1) is 12.3 Å². The number of likely N-dealkylation sites (tertiary alicyclic amines) is 1. The first-order chi connectivity index (χ1) is 13.9. The van der Waals surface area contributed by atoms with Gasteiger partial charge in [0, 0.05) is 43.6 Å². The van der Waals surface area contributed by atoms with Gasteiger partial charge in [0.15, 0.2) is 0 Å². The molecule has 0 aromatic carbocycles. The monoisotopic (exact) mass is 454 g/mol. The Hall–Kier alpha value is -1.66. The van der Waals surface area contributed by atoms with E-state index in [9.17, 15) is 21.6 Å². The van der Waals surface area contributed by atoms with Crippen molar-refractivity contribution in [1.29, 1.82) is 0 Å². The third-order valence-electron chi connectivity index (χ3n) is 5.59. The number of sulfonamides is 1. The number of hydrogen-bond acceptors (Lipinski definition) is 5. The molecule has 0 saturated carbocycles. The maximum absolute atomic E-state index is 12.2. The SMILES string of the molecule is CCS(=O)(=O)N1CC[C@H]2[C@H](C[C@@H](Cn3cccn3)N2C(C)C)C1.O=C(O)C(F)(F)F. The van der Waals surface area contributed by atoms with Crippen LogP contribution in [-0.2, 0) is 21.4 Å². The van der Waals surface area contributed by atoms with Gasteiger partial charge in [0.2, 0.25) is 10.0 Å². The zero-order valence-electron chi connectivity index (χ0n) is 17.3. The fourth-order valence-electron chi connectivity index (χ4n) is 4.39. The van der Waals surface area contributed by atoms with Gasteiger partial charge >= 0.3 is 12.1 Å². The number of fused-ring (bicyclic) bond motifs is 1. The van der Waals surface area contributed by atoms with E-state index in [4.69, 9.17) is 9.90 Å². The average Bonchev–Trinajstić information content (AvgIpc) is 3.28. The zero-order valence-corrected chi connectivity index (χ0v) is 18.1. The van der Waals surface area contributed by atoms with Crippen LogP contribution < -0.4 is 0 Å². The van der Waals surface area contributed by atoms with Crippen molar-refractivity contribution < 1.29 is 31.5 Å². The van der Waals surface area contributed by atoms with Gasteiger partial charge in [-0.3, -0.25) is 9.58 Å². The van der Waals surface area contributed by atoms with Crippen molar-refractivity contribution in [2.24, 2.45) is 5.92 Å². The lowest BCUT2D eigenvalue weighted by Gasteiger charge is -2.39. The molecule has 2 fully saturated rings. The summed E-state index contributed by atoms with van der Waals surface area (Å²) < 4.78 is 59.8. The van der Waals surface area contributed by atoms with Crippen LogP contribution in [0.5, 0.6) is 0 Å². The van der Waals surface area contributed by atoms with Crippen molar-refractivity contribution in [3.05, 3.63) is 18.5 Å². The molecule has 8 nitrogen and oxygen atoms in total. The molecule has 0 aliphatic carbocycles. The third kappa shape index (κ3) is 5.94. The summed E-state index contributed by atoms with van der Waals surface area (Å²) in [6.45, 7) is 8.45. The number of carboxylic acids is 1. The molecule has 0 unspecified atom stereocenters. The van der Waals surface area contributed by atoms with Crippen molar-refractivity contribution in [2.75, 3.05) is 18.8 Å². The van der Waals surface area contributed by atoms with Crippen LogP contribution in [0.25, 0.3) is 0 Å². The van der Waals surface area contributed by atoms with E-state index in [-0.39, 0.29) is 5.75 Å². The molecule has 2 aliphatic rings. The van der Waals surface area contributed by atoms with Crippen LogP contribution in [0.4, 0.5) is 13.2 Å². The van der Waals surface area contributed by atoms with Crippen molar-refractivity contribution in [1.82, 2.24) is 19.0 Å². The van der Waals surface area contributed by atoms with E-state index >= 15 is 0 Å². The summed E-state index contributed by atoms with van der Waals surface area (Å²) in [6.07, 6.45) is 0.738. The molecule has 172 valence electrons. The maximum atomic E-state index is 12.2. The molecule has 2 saturated heterocycles. The van der Waals surface area contributed by atoms with Crippen LogP contribution in [0.3, 0.4) is 0 Å². The Balaban J connectivity index is 0.000000396. The molecule has 3 rings (SSSR count). The summed E-state index contributed by atoms with van der Waals surface area (Å²) in [4.78, 5) is 11.5. The fraction of sp³-hybridized carbons (Fsp3) is 0.778. The highest BCUT2D eigenvalue weighted by Crippen LogP contribution is 2.38. The van der Waals surface area contributed by atoms with E-state index in [1.165, 1.54) is 0 Å². The van der Waals surface area contributed by atoms with Crippen molar-refractivity contribution in [3.8, 4) is 0 Å². The van der Waals surface area contributed by atoms with Gasteiger partial charge in [-0.15, -0.1) is 0 Å². The summed E-state index contributed by atoms with van der Waals surface area (Å²) in [5.74, 6) is -2.12. The number of carboxylic acid groups (broad SMARTS) is 1. The summed E-state index contributed by atoms with van der Waals surface area (Å²) in [6, 6.07) is 3.37. The lowest BCUT2D eigenvalue weighted by molar-refractivity contribution is -0.192. The topological polar surface area (TPSA) is 95.7 Å². The number of aromatic nitrogens is 2. The summed E-state index contributed by atoms with van der Waals surface area (Å²) in [5, 5.41) is 11.5. The van der Waals surface area contributed by atoms with Gasteiger partial charge in [-0.1, -0.05) is 0 Å². The van der Waals surface area contributed by atoms with E-state index in [0.717, 1.165) is 19.4 Å². The highest BCUT2D eigenvalue weighted by Gasteiger charge is 2.46. The summed E-state index contributed by atoms with van der Waals surface area (Å²) in [5.41, 5.74) is 0. The van der Waals surface area contributed by atoms with E-state index < -0.39 is 22.2 Å². The van der Waals surface area contributed by atoms with Gasteiger partial charge in [-0.25, -0.2) is 17.5 Å². The van der Waals surface area contributed by atoms with Gasteiger partial charge in [0.25, 0.3) is 0 Å². The number of halogens is 3. The quantitative estimate of drug-likeness (QED) is 0.732. The molecule has 0 bridgehead atoms. The van der Waals surface area contributed by atoms with E-state index in [2.05, 4.69) is 23.8 Å². The molecule has 1 aromatic rings. The van der Waals surface area contributed by atoms with Gasteiger partial charge in [0.1, 0.15) is 0 Å². The van der Waals surface area contributed by atoms with Gasteiger partial charge in [-0.2, -0.15) is 18.3 Å². The molecule has 30 heavy (non-hydrogen) atoms. The van der Waals surface area contributed by atoms with E-state index in [1.807, 2.05) is 23.1 Å². The first-order valence-electron chi connectivity index (χ1n) is 9.89. The minimum Gasteiger partial charge on any atom is -0.475 e. The van der Waals surface area contributed by atoms with Crippen molar-refractivity contribution in [2.45, 2.75) is 64.5 Å². The predicted molar refractivity (Wildman–Crippen MR) is 104 cm³/mol. The number of aliphatic carboxylic acids is 1. The van der Waals surface area contributed by atoms with Crippen LogP contribution in [0, 0.1) is 5.92 Å². The van der Waals surface area contributed by atoms with Gasteiger partial charge < -0.3 is 5.11 Å². The normalized spacial score (nSPS) is 25.6. The van der Waals surface area contributed by atoms with Crippen molar-refractivity contribution in [3.63, 3.8) is 0 Å². The number of alkyl halides is 3. The molecule has 0 spiro atoms. The molecular weight excluding hydrogens is 425 g/mol. The fourth-order valence-corrected chi connectivity index (χ4v) is 5.55. The highest BCUT2D eigenvalue weighted by molar-refractivity contribution is 7.89. The molecular formula is C18H29F3N4O4S. The lowest BCUT2D eigenvalue weighted by atomic mass is 9.93. The van der Waals surface area contributed by atoms with E-state index in [0.29, 0.717) is 37.1 Å². The maximum Gasteiger partial charge on any atom is 0.490 e. The van der Waals surface area contributed by atoms with Crippen LogP contribution in [0.1, 0.15) is 33.6 Å². The zero-order chi connectivity index (χ0) is 22.7. The number of hydrogen-bond donors (Lipinski definition) is 1. The molecule has 3 heterocycles. The molecule has 12 heteroatoms. The summed E-state index contributed by atoms with van der Waals surface area (Å²) >= 11 is 0. The minimum atomic E-state index is -5.08. The Labute approximate surface area is 174 Å². The Kier molecular flexibility index (Phi) is 7.91. The van der Waals surface area contributed by atoms with Crippen LogP contribution in [0.2, 0.25) is 0 Å². The van der Waals surface area contributed by atoms with Crippen LogP contribution in [0.15, 0.2) is 18.5 Å². The smallest absolute Gasteiger partial charge is 0.475 e. The Morgan fingerprint density at radius 1 is 1.33 bits per heavy atom. The Bertz CT molecular complexity index is 799. The number of rotatable bonds is 5. The number of carbonyl (C=O) groups is 1. The first-order valence-corrected chi connectivity index (χ1v) is 11.5. The second-order valence-corrected chi connectivity index (χ2v) is 10.1. The molecule has 0 radical (unpaired) electrons. The van der Waals surface area contributed by atoms with Crippen LogP contribution in [-0.4, -0.2) is 81.6 Å². The molecule has 0 amide bonds. The second-order valence-electron chi connectivity index (χ2n) is 7.84. The predicted octanol–water partition coefficient (Wildman–Crippen LogP) is 2.04. The standard InChI is InChI=1S/C16H28N4O2S.C2HF3O2/c1-4-23(21,22)19-9-6-16-14(11-19)10-15(20(16)13(2)3)12-18-8-5-7-17-18;3-2(4,5)1(6)7/h5,7-8,13-16H,4,6,9-12H2,1-3H3;(H,6,7)/t14-,15+,16+;/m1./s1. The van der Waals surface area contributed by atoms with Crippen molar-refractivity contribution >= 4 is 16.0 Å². The largest absolute Gasteiger partial charge is 0.490 e. The third-order valence-corrected chi connectivity index (χ3v) is 7.44. The Morgan fingerprint density at radius 2 is 1.97 bits per heavy atom. The summed E-state index contributed by atoms with van der Waals surface area (Å²) in [7, 11) is -3.07. The molecule has 1 aromatic heterocycles. The van der Waals surface area contributed by atoms with E-state index in [1.54, 1.807) is 11.2 Å². The first kappa shape index (κ1) is 24.6. The lowest BCUT2D eigenvalue weighted by Crippen LogP contribution is -2.51. The number of piperidine rings is 1. The Morgan fingerprint density at radius 3 is 2.43 bits per heavy atom. The van der Waals surface area contributed by atoms with Gasteiger partial charge in [-0.05, 0) is 45.6 Å². The molecule has 3 atom stereocenters. The molecule has 2 aliphatic heterocycles. The average molecular weight is 455 g/mol.